The Morgan fingerprint density at radius 3 is 2.53 bits per heavy atom. The van der Waals surface area contributed by atoms with Gasteiger partial charge in [0.05, 0.1) is 18.8 Å². The summed E-state index contributed by atoms with van der Waals surface area (Å²) in [5.41, 5.74) is 5.84. The summed E-state index contributed by atoms with van der Waals surface area (Å²) in [5, 5.41) is 13.3. The summed E-state index contributed by atoms with van der Waals surface area (Å²) in [4.78, 5) is 16.4. The van der Waals surface area contributed by atoms with Crippen molar-refractivity contribution in [3.63, 3.8) is 0 Å². The molecule has 0 spiro atoms. The van der Waals surface area contributed by atoms with Crippen molar-refractivity contribution in [1.29, 1.82) is 0 Å². The molecule has 5 rings (SSSR count). The van der Waals surface area contributed by atoms with Crippen molar-refractivity contribution in [2.45, 2.75) is 43.7 Å². The lowest BCUT2D eigenvalue weighted by atomic mass is 9.91. The lowest BCUT2D eigenvalue weighted by Gasteiger charge is -2.41. The number of aromatic nitrogens is 2. The van der Waals surface area contributed by atoms with Crippen molar-refractivity contribution in [2.75, 3.05) is 12.4 Å². The van der Waals surface area contributed by atoms with Gasteiger partial charge in [0.1, 0.15) is 6.61 Å². The molecule has 8 nitrogen and oxygen atoms in total. The zero-order chi connectivity index (χ0) is 30.2. The number of nitrogens with zero attached hydrogens (tertiary/aromatic N) is 2. The van der Waals surface area contributed by atoms with Gasteiger partial charge in [-0.25, -0.2) is 9.78 Å². The number of carbonyl (C=O) groups excluding carboxylic acids is 1. The van der Waals surface area contributed by atoms with Gasteiger partial charge in [-0.05, 0) is 27.8 Å². The van der Waals surface area contributed by atoms with Crippen LogP contribution < -0.4 is 5.32 Å². The Bertz CT molecular complexity index is 1510. The Hall–Kier alpha value is -3.89. The minimum Gasteiger partial charge on any atom is -0.445 e. The zero-order valence-corrected chi connectivity index (χ0v) is 25.2. The van der Waals surface area contributed by atoms with Gasteiger partial charge in [-0.1, -0.05) is 104 Å². The number of rotatable bonds is 11. The Kier molecular flexibility index (Phi) is 10.3. The summed E-state index contributed by atoms with van der Waals surface area (Å²) in [5.74, 6) is 0.811. The number of aliphatic hydroxyl groups excluding tert-OH is 1. The number of nitrogens with one attached hydrogen (secondary N) is 1. The van der Waals surface area contributed by atoms with Crippen molar-refractivity contribution in [2.24, 2.45) is 13.0 Å². The molecule has 9 heteroatoms. The van der Waals surface area contributed by atoms with Crippen LogP contribution in [-0.4, -0.2) is 39.2 Å². The molecule has 1 saturated heterocycles. The quantitative estimate of drug-likeness (QED) is 0.149. The van der Waals surface area contributed by atoms with Gasteiger partial charge < -0.3 is 29.2 Å². The van der Waals surface area contributed by atoms with Gasteiger partial charge in [-0.15, -0.1) is 0 Å². The summed E-state index contributed by atoms with van der Waals surface area (Å²) >= 11 is 1.67. The first-order valence-electron chi connectivity index (χ1n) is 14.3. The van der Waals surface area contributed by atoms with Crippen molar-refractivity contribution in [3.8, 4) is 11.1 Å². The van der Waals surface area contributed by atoms with Gasteiger partial charge in [0, 0.05) is 43.2 Å². The fraction of sp³-hybridized carbons (Fsp3) is 0.294. The fourth-order valence-electron chi connectivity index (χ4n) is 5.09. The molecule has 0 unspecified atom stereocenters. The first-order valence-corrected chi connectivity index (χ1v) is 15.3. The number of aryl methyl sites for hydroxylation is 1. The molecule has 1 aromatic heterocycles. The second-order valence-electron chi connectivity index (χ2n) is 10.5. The van der Waals surface area contributed by atoms with E-state index in [1.807, 2.05) is 78.5 Å². The average molecular weight is 600 g/mol. The number of imidazole rings is 1. The van der Waals surface area contributed by atoms with Gasteiger partial charge in [0.15, 0.2) is 11.4 Å². The van der Waals surface area contributed by atoms with Crippen LogP contribution in [0.1, 0.15) is 41.6 Å². The van der Waals surface area contributed by atoms with E-state index in [0.717, 1.165) is 44.3 Å². The van der Waals surface area contributed by atoms with E-state index >= 15 is 0 Å². The van der Waals surface area contributed by atoms with E-state index < -0.39 is 12.4 Å². The lowest BCUT2D eigenvalue weighted by molar-refractivity contribution is -0.268. The highest BCUT2D eigenvalue weighted by atomic mass is 32.2. The molecule has 0 bridgehead atoms. The van der Waals surface area contributed by atoms with Crippen LogP contribution in [0, 0.1) is 5.92 Å². The maximum atomic E-state index is 12.0. The van der Waals surface area contributed by atoms with Crippen LogP contribution in [0.2, 0.25) is 0 Å². The molecule has 224 valence electrons. The fourth-order valence-corrected chi connectivity index (χ4v) is 6.18. The molecule has 1 fully saturated rings. The van der Waals surface area contributed by atoms with Gasteiger partial charge in [0.25, 0.3) is 0 Å². The lowest BCUT2D eigenvalue weighted by Crippen LogP contribution is -2.38. The first-order chi connectivity index (χ1) is 21.0. The molecule has 43 heavy (non-hydrogen) atoms. The van der Waals surface area contributed by atoms with E-state index in [-0.39, 0.29) is 31.3 Å². The highest BCUT2D eigenvalue weighted by molar-refractivity contribution is 7.99. The van der Waals surface area contributed by atoms with Crippen LogP contribution in [0.4, 0.5) is 4.79 Å². The number of ether oxygens (including phenoxy) is 3. The van der Waals surface area contributed by atoms with E-state index in [0.29, 0.717) is 6.54 Å². The van der Waals surface area contributed by atoms with Crippen LogP contribution in [0.3, 0.4) is 0 Å². The summed E-state index contributed by atoms with van der Waals surface area (Å²) < 4.78 is 20.3. The predicted molar refractivity (Wildman–Crippen MR) is 167 cm³/mol. The van der Waals surface area contributed by atoms with E-state index in [4.69, 9.17) is 14.2 Å². The van der Waals surface area contributed by atoms with Crippen LogP contribution >= 0.6 is 11.8 Å². The molecular formula is C34H37N3O5S. The van der Waals surface area contributed by atoms with E-state index in [1.54, 1.807) is 18.0 Å². The van der Waals surface area contributed by atoms with E-state index in [1.165, 1.54) is 6.08 Å². The Morgan fingerprint density at radius 2 is 1.84 bits per heavy atom. The van der Waals surface area contributed by atoms with Crippen molar-refractivity contribution in [1.82, 2.24) is 14.9 Å². The summed E-state index contributed by atoms with van der Waals surface area (Å²) in [6.45, 7) is 6.23. The van der Waals surface area contributed by atoms with Gasteiger partial charge >= 0.3 is 6.09 Å². The number of hydrogen-bond acceptors (Lipinski definition) is 7. The Morgan fingerprint density at radius 1 is 1.09 bits per heavy atom. The monoisotopic (exact) mass is 599 g/mol. The highest BCUT2D eigenvalue weighted by Crippen LogP contribution is 2.43. The third-order valence-electron chi connectivity index (χ3n) is 7.54. The van der Waals surface area contributed by atoms with Crippen LogP contribution in [0.25, 0.3) is 11.1 Å². The predicted octanol–water partition coefficient (Wildman–Crippen LogP) is 6.58. The normalized spacial score (nSPS) is 20.0. The summed E-state index contributed by atoms with van der Waals surface area (Å²) in [7, 11) is 1.99. The maximum Gasteiger partial charge on any atom is 0.407 e. The number of carbonyl (C=O) groups is 1. The van der Waals surface area contributed by atoms with Gasteiger partial charge in [-0.3, -0.25) is 0 Å². The number of amides is 1. The average Bonchev–Trinajstić information content (AvgIpc) is 3.46. The molecule has 0 aliphatic carbocycles. The van der Waals surface area contributed by atoms with Crippen molar-refractivity contribution >= 4 is 17.9 Å². The smallest absolute Gasteiger partial charge is 0.407 e. The van der Waals surface area contributed by atoms with Gasteiger partial charge in [0.2, 0.25) is 0 Å². The molecule has 4 atom stereocenters. The largest absolute Gasteiger partial charge is 0.445 e. The summed E-state index contributed by atoms with van der Waals surface area (Å²) in [6.07, 6.45) is 3.95. The molecule has 1 aliphatic rings. The van der Waals surface area contributed by atoms with Crippen LogP contribution in [0.15, 0.2) is 103 Å². The van der Waals surface area contributed by atoms with Crippen LogP contribution in [-0.2, 0) is 34.4 Å². The highest BCUT2D eigenvalue weighted by Gasteiger charge is 2.38. The minimum absolute atomic E-state index is 0.000952. The topological polar surface area (TPSA) is 94.8 Å². The summed E-state index contributed by atoms with van der Waals surface area (Å²) in [6, 6.07) is 24.1. The second kappa shape index (κ2) is 14.5. The third kappa shape index (κ3) is 7.55. The molecule has 0 saturated carbocycles. The second-order valence-corrected chi connectivity index (χ2v) is 11.5. The number of benzene rings is 3. The van der Waals surface area contributed by atoms with Crippen molar-refractivity contribution in [3.05, 3.63) is 120 Å². The number of hydrogen-bond donors (Lipinski definition) is 2. The SMILES string of the molecule is C=CCOC(=O)NCc1ccccc1-c1ccc([C@H]2O[C@@H](CSc3nccn3C)[C@@H](C)[C@@H](c3ccc(CO)cc3)O2)cc1. The zero-order valence-electron chi connectivity index (χ0n) is 24.4. The molecule has 1 aliphatic heterocycles. The first kappa shape index (κ1) is 30.6. The van der Waals surface area contributed by atoms with Crippen LogP contribution in [0.5, 0.6) is 0 Å². The molecule has 0 radical (unpaired) electrons. The molecule has 4 aromatic rings. The minimum atomic E-state index is -0.559. The molecule has 2 heterocycles. The standard InChI is InChI=1S/C34H37N3O5S/c1-4-19-40-34(39)36-20-28-7-5-6-8-29(28)25-13-15-27(16-14-25)32-41-30(22-43-33-35-17-18-37(33)3)23(2)31(42-32)26-11-9-24(21-38)10-12-26/h4-18,23,30-32,38H,1,19-22H2,2-3H3,(H,36,39)/t23-,30+,31+,32+/m1/s1. The van der Waals surface area contributed by atoms with Gasteiger partial charge in [-0.2, -0.15) is 0 Å². The maximum absolute atomic E-state index is 12.0. The van der Waals surface area contributed by atoms with E-state index in [2.05, 4.69) is 35.9 Å². The number of aliphatic hydroxyl groups is 1. The Balaban J connectivity index is 1.35. The molecule has 3 aromatic carbocycles. The Labute approximate surface area is 256 Å². The molecule has 1 amide bonds. The third-order valence-corrected chi connectivity index (χ3v) is 8.69. The number of alkyl carbamates (subject to hydrolysis) is 1. The van der Waals surface area contributed by atoms with E-state index in [9.17, 15) is 9.90 Å². The number of thioether (sulfide) groups is 1. The molecular weight excluding hydrogens is 562 g/mol. The van der Waals surface area contributed by atoms with Crippen molar-refractivity contribution < 1.29 is 24.1 Å². The molecule has 2 N–H and O–H groups in total.